The van der Waals surface area contributed by atoms with Gasteiger partial charge in [-0.05, 0) is 38.7 Å². The lowest BCUT2D eigenvalue weighted by Crippen LogP contribution is -2.38. The molecule has 7 nitrogen and oxygen atoms in total. The Morgan fingerprint density at radius 2 is 2.30 bits per heavy atom. The van der Waals surface area contributed by atoms with Crippen LogP contribution in [0.4, 0.5) is 0 Å². The van der Waals surface area contributed by atoms with Crippen LogP contribution in [0.15, 0.2) is 16.9 Å². The number of aromatic nitrogens is 4. The first-order valence-electron chi connectivity index (χ1n) is 8.19. The summed E-state index contributed by atoms with van der Waals surface area (Å²) in [5, 5.41) is 8.09. The molecule has 1 fully saturated rings. The Labute approximate surface area is 135 Å². The van der Waals surface area contributed by atoms with E-state index in [1.165, 1.54) is 0 Å². The molecule has 0 radical (unpaired) electrons. The van der Waals surface area contributed by atoms with E-state index in [9.17, 15) is 4.79 Å². The van der Waals surface area contributed by atoms with Crippen molar-refractivity contribution in [2.45, 2.75) is 58.5 Å². The molecule has 7 heteroatoms. The number of nitrogens with zero attached hydrogens (tertiary/aromatic N) is 5. The van der Waals surface area contributed by atoms with Gasteiger partial charge >= 0.3 is 0 Å². The number of carbonyl (C=O) groups excluding carboxylic acids is 1. The van der Waals surface area contributed by atoms with Crippen LogP contribution in [-0.2, 0) is 17.8 Å². The van der Waals surface area contributed by atoms with Crippen LogP contribution in [0.25, 0.3) is 0 Å². The predicted octanol–water partition coefficient (Wildman–Crippen LogP) is 1.90. The van der Waals surface area contributed by atoms with Crippen molar-refractivity contribution < 1.29 is 9.32 Å². The van der Waals surface area contributed by atoms with E-state index in [2.05, 4.69) is 15.2 Å². The Bertz CT molecular complexity index is 663. The molecule has 0 bridgehead atoms. The summed E-state index contributed by atoms with van der Waals surface area (Å²) in [7, 11) is 0. The molecular formula is C16H23N5O2. The minimum absolute atomic E-state index is 0.215. The van der Waals surface area contributed by atoms with Crippen molar-refractivity contribution >= 4 is 5.91 Å². The number of rotatable bonds is 6. The molecule has 3 heterocycles. The second-order valence-corrected chi connectivity index (χ2v) is 6.21. The molecule has 3 rings (SSSR count). The normalized spacial score (nSPS) is 17.8. The smallest absolute Gasteiger partial charge is 0.226 e. The molecule has 124 valence electrons. The van der Waals surface area contributed by atoms with E-state index in [-0.39, 0.29) is 11.9 Å². The van der Waals surface area contributed by atoms with E-state index in [0.29, 0.717) is 24.6 Å². The maximum Gasteiger partial charge on any atom is 0.226 e. The van der Waals surface area contributed by atoms with Gasteiger partial charge in [0.2, 0.25) is 11.8 Å². The van der Waals surface area contributed by atoms with Crippen molar-refractivity contribution in [1.82, 2.24) is 24.8 Å². The Balaban J connectivity index is 1.49. The van der Waals surface area contributed by atoms with Gasteiger partial charge < -0.3 is 9.42 Å². The highest BCUT2D eigenvalue weighted by molar-refractivity contribution is 5.76. The SMILES string of the molecule is Cc1cnn(C[C@@H]2CCCN2C(=O)CCCc2nc(C)no2)c1. The van der Waals surface area contributed by atoms with E-state index in [1.54, 1.807) is 6.92 Å². The summed E-state index contributed by atoms with van der Waals surface area (Å²) in [4.78, 5) is 18.7. The number of hydrogen-bond acceptors (Lipinski definition) is 5. The highest BCUT2D eigenvalue weighted by Crippen LogP contribution is 2.20. The topological polar surface area (TPSA) is 77.1 Å². The molecule has 0 N–H and O–H groups in total. The van der Waals surface area contributed by atoms with Crippen molar-refractivity contribution in [3.05, 3.63) is 29.7 Å². The summed E-state index contributed by atoms with van der Waals surface area (Å²) >= 11 is 0. The molecule has 1 aliphatic heterocycles. The highest BCUT2D eigenvalue weighted by atomic mass is 16.5. The average Bonchev–Trinajstić information content (AvgIpc) is 3.22. The fourth-order valence-corrected chi connectivity index (χ4v) is 3.11. The lowest BCUT2D eigenvalue weighted by atomic mass is 10.2. The fraction of sp³-hybridized carbons (Fsp3) is 0.625. The van der Waals surface area contributed by atoms with Gasteiger partial charge in [-0.25, -0.2) is 0 Å². The maximum atomic E-state index is 12.5. The molecule has 0 aliphatic carbocycles. The molecule has 23 heavy (non-hydrogen) atoms. The molecule has 1 amide bonds. The number of hydrogen-bond donors (Lipinski definition) is 0. The van der Waals surface area contributed by atoms with Crippen molar-refractivity contribution in [2.75, 3.05) is 6.54 Å². The molecular weight excluding hydrogens is 294 g/mol. The van der Waals surface area contributed by atoms with Gasteiger partial charge in [0.1, 0.15) is 0 Å². The van der Waals surface area contributed by atoms with Crippen molar-refractivity contribution in [3.8, 4) is 0 Å². The molecule has 0 unspecified atom stereocenters. The second kappa shape index (κ2) is 6.93. The van der Waals surface area contributed by atoms with Crippen molar-refractivity contribution in [1.29, 1.82) is 0 Å². The van der Waals surface area contributed by atoms with E-state index >= 15 is 0 Å². The minimum atomic E-state index is 0.215. The zero-order valence-electron chi connectivity index (χ0n) is 13.7. The summed E-state index contributed by atoms with van der Waals surface area (Å²) in [5.41, 5.74) is 1.15. The molecule has 2 aromatic heterocycles. The van der Waals surface area contributed by atoms with E-state index < -0.39 is 0 Å². The first kappa shape index (κ1) is 15.7. The highest BCUT2D eigenvalue weighted by Gasteiger charge is 2.28. The van der Waals surface area contributed by atoms with Gasteiger partial charge in [-0.2, -0.15) is 10.1 Å². The standard InChI is InChI=1S/C16H23N5O2/c1-12-9-17-20(10-12)11-14-5-4-8-21(14)16(22)7-3-6-15-18-13(2)19-23-15/h9-10,14H,3-8,11H2,1-2H3/t14-/m0/s1. The lowest BCUT2D eigenvalue weighted by Gasteiger charge is -2.24. The molecule has 1 saturated heterocycles. The van der Waals surface area contributed by atoms with E-state index in [0.717, 1.165) is 37.9 Å². The van der Waals surface area contributed by atoms with Crippen LogP contribution >= 0.6 is 0 Å². The van der Waals surface area contributed by atoms with Gasteiger partial charge in [-0.1, -0.05) is 5.16 Å². The Morgan fingerprint density at radius 3 is 3.00 bits per heavy atom. The summed E-state index contributed by atoms with van der Waals surface area (Å²) in [6.07, 6.45) is 7.92. The summed E-state index contributed by atoms with van der Waals surface area (Å²) in [6, 6.07) is 0.257. The summed E-state index contributed by atoms with van der Waals surface area (Å²) < 4.78 is 7.01. The van der Waals surface area contributed by atoms with Crippen LogP contribution in [0.1, 0.15) is 43.0 Å². The van der Waals surface area contributed by atoms with Crippen molar-refractivity contribution in [3.63, 3.8) is 0 Å². The number of carbonyl (C=O) groups is 1. The third-order valence-electron chi connectivity index (χ3n) is 4.21. The summed E-state index contributed by atoms with van der Waals surface area (Å²) in [5.74, 6) is 1.47. The first-order valence-corrected chi connectivity index (χ1v) is 8.19. The van der Waals surface area contributed by atoms with Gasteiger partial charge in [0.05, 0.1) is 18.8 Å². The van der Waals surface area contributed by atoms with E-state index in [1.807, 2.05) is 28.9 Å². The van der Waals surface area contributed by atoms with Crippen LogP contribution in [0.3, 0.4) is 0 Å². The van der Waals surface area contributed by atoms with Crippen molar-refractivity contribution in [2.24, 2.45) is 0 Å². The molecule has 0 saturated carbocycles. The Kier molecular flexibility index (Phi) is 4.73. The average molecular weight is 317 g/mol. The van der Waals surface area contributed by atoms with Crippen LogP contribution < -0.4 is 0 Å². The Hall–Kier alpha value is -2.18. The monoisotopic (exact) mass is 317 g/mol. The van der Waals surface area contributed by atoms with Gasteiger partial charge in [-0.15, -0.1) is 0 Å². The number of aryl methyl sites for hydroxylation is 3. The molecule has 1 atom stereocenters. The first-order chi connectivity index (χ1) is 11.1. The summed E-state index contributed by atoms with van der Waals surface area (Å²) in [6.45, 7) is 5.45. The third-order valence-corrected chi connectivity index (χ3v) is 4.21. The van der Waals surface area contributed by atoms with Crippen LogP contribution in [0, 0.1) is 13.8 Å². The second-order valence-electron chi connectivity index (χ2n) is 6.21. The fourth-order valence-electron chi connectivity index (χ4n) is 3.11. The van der Waals surface area contributed by atoms with Crippen LogP contribution in [0.2, 0.25) is 0 Å². The van der Waals surface area contributed by atoms with Crippen LogP contribution in [-0.4, -0.2) is 43.3 Å². The third kappa shape index (κ3) is 3.97. The quantitative estimate of drug-likeness (QED) is 0.813. The number of amides is 1. The molecule has 1 aliphatic rings. The maximum absolute atomic E-state index is 12.5. The van der Waals surface area contributed by atoms with Gasteiger partial charge in [0.25, 0.3) is 0 Å². The predicted molar refractivity (Wildman–Crippen MR) is 83.7 cm³/mol. The Morgan fingerprint density at radius 1 is 1.43 bits per heavy atom. The lowest BCUT2D eigenvalue weighted by molar-refractivity contribution is -0.132. The minimum Gasteiger partial charge on any atom is -0.339 e. The largest absolute Gasteiger partial charge is 0.339 e. The van der Waals surface area contributed by atoms with Crippen LogP contribution in [0.5, 0.6) is 0 Å². The van der Waals surface area contributed by atoms with Gasteiger partial charge in [0, 0.05) is 25.6 Å². The molecule has 0 spiro atoms. The molecule has 0 aromatic carbocycles. The van der Waals surface area contributed by atoms with Gasteiger partial charge in [-0.3, -0.25) is 9.48 Å². The molecule has 2 aromatic rings. The van der Waals surface area contributed by atoms with E-state index in [4.69, 9.17) is 4.52 Å². The zero-order chi connectivity index (χ0) is 16.2. The zero-order valence-corrected chi connectivity index (χ0v) is 13.7. The van der Waals surface area contributed by atoms with Gasteiger partial charge in [0.15, 0.2) is 5.82 Å². The number of likely N-dealkylation sites (tertiary alicyclic amines) is 1.